The van der Waals surface area contributed by atoms with Crippen LogP contribution in [0.2, 0.25) is 5.02 Å². The van der Waals surface area contributed by atoms with Gasteiger partial charge in [-0.25, -0.2) is 9.97 Å². The molecule has 0 amide bonds. The van der Waals surface area contributed by atoms with Crippen LogP contribution < -0.4 is 15.4 Å². The average Bonchev–Trinajstić information content (AvgIpc) is 3.26. The Labute approximate surface area is 217 Å². The molecule has 0 spiro atoms. The Bertz CT molecular complexity index is 1340. The molecular weight excluding hydrogens is 507 g/mol. The summed E-state index contributed by atoms with van der Waals surface area (Å²) >= 11 is 6.39. The van der Waals surface area contributed by atoms with Gasteiger partial charge in [0, 0.05) is 31.0 Å². The van der Waals surface area contributed by atoms with Crippen LogP contribution in [0.15, 0.2) is 61.1 Å². The highest BCUT2D eigenvalue weighted by molar-refractivity contribution is 6.32. The minimum absolute atomic E-state index is 0.0370. The second-order valence-electron chi connectivity index (χ2n) is 8.58. The first-order chi connectivity index (χ1) is 17.7. The Balaban J connectivity index is 1.45. The van der Waals surface area contributed by atoms with E-state index in [9.17, 15) is 13.2 Å². The number of benzene rings is 2. The van der Waals surface area contributed by atoms with Crippen molar-refractivity contribution in [3.63, 3.8) is 0 Å². The number of halogens is 4. The summed E-state index contributed by atoms with van der Waals surface area (Å²) in [6, 6.07) is 11.9. The number of nitrogens with zero attached hydrogens (tertiary/aromatic N) is 3. The molecule has 4 aromatic rings. The van der Waals surface area contributed by atoms with Gasteiger partial charge < -0.3 is 24.7 Å². The Kier molecular flexibility index (Phi) is 8.52. The quantitative estimate of drug-likeness (QED) is 0.210. The SMILES string of the molecule is CC(C)NCCOCCn1ccc2ncnc(Nc3ccc(Oc4cccc(C(F)(F)F)c4)c(Cl)c3)c21. The number of aromatic nitrogens is 3. The van der Waals surface area contributed by atoms with Gasteiger partial charge in [-0.1, -0.05) is 31.5 Å². The number of nitrogens with one attached hydrogen (secondary N) is 2. The lowest BCUT2D eigenvalue weighted by Crippen LogP contribution is -2.27. The van der Waals surface area contributed by atoms with Crippen LogP contribution >= 0.6 is 11.6 Å². The molecule has 2 heterocycles. The van der Waals surface area contributed by atoms with Crippen LogP contribution in [-0.4, -0.2) is 40.3 Å². The van der Waals surface area contributed by atoms with E-state index in [-0.39, 0.29) is 16.5 Å². The number of rotatable bonds is 11. The summed E-state index contributed by atoms with van der Waals surface area (Å²) in [6.07, 6.45) is -1.07. The van der Waals surface area contributed by atoms with Crippen molar-refractivity contribution in [3.05, 3.63) is 71.6 Å². The van der Waals surface area contributed by atoms with Gasteiger partial charge in [0.2, 0.25) is 0 Å². The zero-order valence-electron chi connectivity index (χ0n) is 20.3. The standard InChI is InChI=1S/C26H27ClF3N5O2/c1-17(2)31-9-12-36-13-11-35-10-8-22-24(35)25(33-16-32-22)34-19-6-7-23(21(27)15-19)37-20-5-3-4-18(14-20)26(28,29)30/h3-8,10,14-17,31H,9,11-13H2,1-2H3,(H,32,33,34). The topological polar surface area (TPSA) is 73.2 Å². The first-order valence-electron chi connectivity index (χ1n) is 11.7. The Morgan fingerprint density at radius 2 is 1.89 bits per heavy atom. The molecule has 4 rings (SSSR count). The minimum Gasteiger partial charge on any atom is -0.456 e. The van der Waals surface area contributed by atoms with Crippen molar-refractivity contribution in [2.45, 2.75) is 32.6 Å². The summed E-state index contributed by atoms with van der Waals surface area (Å²) < 4.78 is 52.3. The molecule has 7 nitrogen and oxygen atoms in total. The number of anilines is 2. The zero-order valence-corrected chi connectivity index (χ0v) is 21.1. The van der Waals surface area contributed by atoms with Gasteiger partial charge in [0.15, 0.2) is 5.82 Å². The third-order valence-corrected chi connectivity index (χ3v) is 5.70. The van der Waals surface area contributed by atoms with Crippen LogP contribution in [0.25, 0.3) is 11.0 Å². The predicted octanol–water partition coefficient (Wildman–Crippen LogP) is 6.65. The van der Waals surface area contributed by atoms with Crippen molar-refractivity contribution in [2.24, 2.45) is 0 Å². The minimum atomic E-state index is -4.46. The molecule has 0 aliphatic rings. The van der Waals surface area contributed by atoms with Crippen molar-refractivity contribution < 1.29 is 22.6 Å². The zero-order chi connectivity index (χ0) is 26.4. The molecule has 0 atom stereocenters. The van der Waals surface area contributed by atoms with Crippen molar-refractivity contribution >= 4 is 34.1 Å². The Hall–Kier alpha value is -3.34. The van der Waals surface area contributed by atoms with E-state index in [2.05, 4.69) is 34.4 Å². The largest absolute Gasteiger partial charge is 0.456 e. The highest BCUT2D eigenvalue weighted by Gasteiger charge is 2.30. The van der Waals surface area contributed by atoms with E-state index in [1.165, 1.54) is 18.5 Å². The second kappa shape index (κ2) is 11.8. The van der Waals surface area contributed by atoms with Gasteiger partial charge in [-0.2, -0.15) is 13.2 Å². The van der Waals surface area contributed by atoms with Gasteiger partial charge >= 0.3 is 6.18 Å². The molecule has 0 radical (unpaired) electrons. The third-order valence-electron chi connectivity index (χ3n) is 5.41. The molecule has 2 aromatic carbocycles. The lowest BCUT2D eigenvalue weighted by molar-refractivity contribution is -0.137. The van der Waals surface area contributed by atoms with Gasteiger partial charge in [-0.15, -0.1) is 0 Å². The molecule has 0 fully saturated rings. The molecule has 0 saturated carbocycles. The summed E-state index contributed by atoms with van der Waals surface area (Å²) in [6.45, 7) is 6.73. The molecule has 2 aromatic heterocycles. The van der Waals surface area contributed by atoms with E-state index in [4.69, 9.17) is 21.1 Å². The van der Waals surface area contributed by atoms with Gasteiger partial charge in [-0.05, 0) is 42.5 Å². The van der Waals surface area contributed by atoms with Crippen LogP contribution in [-0.2, 0) is 17.5 Å². The summed E-state index contributed by atoms with van der Waals surface area (Å²) in [4.78, 5) is 8.73. The highest BCUT2D eigenvalue weighted by atomic mass is 35.5. The lowest BCUT2D eigenvalue weighted by Gasteiger charge is -2.13. The van der Waals surface area contributed by atoms with E-state index < -0.39 is 11.7 Å². The van der Waals surface area contributed by atoms with Gasteiger partial charge in [-0.3, -0.25) is 0 Å². The van der Waals surface area contributed by atoms with E-state index in [1.807, 2.05) is 16.8 Å². The number of hydrogen-bond donors (Lipinski definition) is 2. The van der Waals surface area contributed by atoms with Crippen molar-refractivity contribution in [1.82, 2.24) is 19.9 Å². The number of fused-ring (bicyclic) bond motifs is 1. The molecule has 0 aliphatic heterocycles. The van der Waals surface area contributed by atoms with Crippen LogP contribution in [0, 0.1) is 0 Å². The normalized spacial score (nSPS) is 11.9. The maximum absolute atomic E-state index is 13.0. The van der Waals surface area contributed by atoms with Crippen LogP contribution in [0.1, 0.15) is 19.4 Å². The summed E-state index contributed by atoms with van der Waals surface area (Å²) in [5, 5.41) is 6.78. The number of ether oxygens (including phenoxy) is 2. The maximum Gasteiger partial charge on any atom is 0.416 e. The molecule has 196 valence electrons. The summed E-state index contributed by atoms with van der Waals surface area (Å²) in [5.74, 6) is 0.848. The van der Waals surface area contributed by atoms with Gasteiger partial charge in [0.25, 0.3) is 0 Å². The van der Waals surface area contributed by atoms with Gasteiger partial charge in [0.1, 0.15) is 23.3 Å². The Morgan fingerprint density at radius 3 is 2.65 bits per heavy atom. The number of hydrogen-bond acceptors (Lipinski definition) is 6. The molecule has 37 heavy (non-hydrogen) atoms. The van der Waals surface area contributed by atoms with Crippen molar-refractivity contribution in [2.75, 3.05) is 25.1 Å². The Morgan fingerprint density at radius 1 is 1.05 bits per heavy atom. The molecular formula is C26H27ClF3N5O2. The van der Waals surface area contributed by atoms with Crippen LogP contribution in [0.3, 0.4) is 0 Å². The van der Waals surface area contributed by atoms with E-state index in [0.717, 1.165) is 29.7 Å². The lowest BCUT2D eigenvalue weighted by atomic mass is 10.2. The van der Waals surface area contributed by atoms with E-state index in [1.54, 1.807) is 18.2 Å². The van der Waals surface area contributed by atoms with E-state index in [0.29, 0.717) is 37.3 Å². The molecule has 11 heteroatoms. The predicted molar refractivity (Wildman–Crippen MR) is 138 cm³/mol. The van der Waals surface area contributed by atoms with Crippen LogP contribution in [0.4, 0.5) is 24.7 Å². The van der Waals surface area contributed by atoms with E-state index >= 15 is 0 Å². The third kappa shape index (κ3) is 7.12. The molecule has 0 saturated heterocycles. The first-order valence-corrected chi connectivity index (χ1v) is 12.1. The molecule has 2 N–H and O–H groups in total. The smallest absolute Gasteiger partial charge is 0.416 e. The summed E-state index contributed by atoms with van der Waals surface area (Å²) in [7, 11) is 0. The monoisotopic (exact) mass is 533 g/mol. The molecule has 0 aliphatic carbocycles. The first kappa shape index (κ1) is 26.7. The van der Waals surface area contributed by atoms with Crippen molar-refractivity contribution in [3.8, 4) is 11.5 Å². The van der Waals surface area contributed by atoms with Crippen LogP contribution in [0.5, 0.6) is 11.5 Å². The average molecular weight is 534 g/mol. The molecule has 0 bridgehead atoms. The van der Waals surface area contributed by atoms with Gasteiger partial charge in [0.05, 0.1) is 29.3 Å². The number of alkyl halides is 3. The maximum atomic E-state index is 13.0. The second-order valence-corrected chi connectivity index (χ2v) is 8.99. The highest BCUT2D eigenvalue weighted by Crippen LogP contribution is 2.36. The van der Waals surface area contributed by atoms with Crippen molar-refractivity contribution in [1.29, 1.82) is 0 Å². The molecule has 0 unspecified atom stereocenters. The summed E-state index contributed by atoms with van der Waals surface area (Å²) in [5.41, 5.74) is 1.42. The fraction of sp³-hybridized carbons (Fsp3) is 0.308. The fourth-order valence-corrected chi connectivity index (χ4v) is 3.88. The fourth-order valence-electron chi connectivity index (χ4n) is 3.66.